The SMILES string of the molecule is CCOC(C)(C)CNC(=O)N1CCC(C(=O)O)CC1. The van der Waals surface area contributed by atoms with Gasteiger partial charge < -0.3 is 20.1 Å². The van der Waals surface area contributed by atoms with Crippen LogP contribution in [0.1, 0.15) is 33.6 Å². The fourth-order valence-electron chi connectivity index (χ4n) is 2.17. The molecular weight excluding hydrogens is 248 g/mol. The third-order valence-corrected chi connectivity index (χ3v) is 3.33. The molecule has 0 aliphatic carbocycles. The molecule has 1 fully saturated rings. The van der Waals surface area contributed by atoms with Gasteiger partial charge in [-0.15, -0.1) is 0 Å². The summed E-state index contributed by atoms with van der Waals surface area (Å²) in [6.45, 7) is 7.81. The number of carbonyl (C=O) groups is 2. The summed E-state index contributed by atoms with van der Waals surface area (Å²) in [7, 11) is 0. The van der Waals surface area contributed by atoms with Gasteiger partial charge in [-0.2, -0.15) is 0 Å². The molecule has 1 heterocycles. The van der Waals surface area contributed by atoms with Crippen molar-refractivity contribution in [1.82, 2.24) is 10.2 Å². The first kappa shape index (κ1) is 15.8. The molecule has 0 aromatic carbocycles. The van der Waals surface area contributed by atoms with Gasteiger partial charge >= 0.3 is 12.0 Å². The Morgan fingerprint density at radius 2 is 1.95 bits per heavy atom. The lowest BCUT2D eigenvalue weighted by Gasteiger charge is -2.32. The molecule has 1 rings (SSSR count). The molecule has 6 heteroatoms. The van der Waals surface area contributed by atoms with Crippen molar-refractivity contribution < 1.29 is 19.4 Å². The molecule has 110 valence electrons. The number of rotatable bonds is 5. The zero-order valence-electron chi connectivity index (χ0n) is 11.9. The van der Waals surface area contributed by atoms with E-state index in [1.54, 1.807) is 4.90 Å². The molecule has 2 N–H and O–H groups in total. The van der Waals surface area contributed by atoms with Gasteiger partial charge in [0.2, 0.25) is 0 Å². The number of amides is 2. The average molecular weight is 272 g/mol. The smallest absolute Gasteiger partial charge is 0.317 e. The molecule has 0 aromatic heterocycles. The summed E-state index contributed by atoms with van der Waals surface area (Å²) in [6.07, 6.45) is 1.05. The van der Waals surface area contributed by atoms with Crippen LogP contribution in [0.2, 0.25) is 0 Å². The Bertz CT molecular complexity index is 323. The number of hydrogen-bond donors (Lipinski definition) is 2. The number of likely N-dealkylation sites (tertiary alicyclic amines) is 1. The van der Waals surface area contributed by atoms with Gasteiger partial charge in [-0.1, -0.05) is 0 Å². The maximum Gasteiger partial charge on any atom is 0.317 e. The minimum absolute atomic E-state index is 0.142. The van der Waals surface area contributed by atoms with Crippen molar-refractivity contribution in [2.75, 3.05) is 26.2 Å². The summed E-state index contributed by atoms with van der Waals surface area (Å²) in [4.78, 5) is 24.4. The highest BCUT2D eigenvalue weighted by molar-refractivity contribution is 5.75. The predicted molar refractivity (Wildman–Crippen MR) is 71.0 cm³/mol. The summed E-state index contributed by atoms with van der Waals surface area (Å²) in [5.74, 6) is -1.08. The summed E-state index contributed by atoms with van der Waals surface area (Å²) in [5.41, 5.74) is -0.385. The predicted octanol–water partition coefficient (Wildman–Crippen LogP) is 1.31. The molecule has 0 aromatic rings. The second-order valence-corrected chi connectivity index (χ2v) is 5.45. The molecule has 19 heavy (non-hydrogen) atoms. The van der Waals surface area contributed by atoms with Crippen LogP contribution in [0.25, 0.3) is 0 Å². The monoisotopic (exact) mass is 272 g/mol. The number of ether oxygens (including phenoxy) is 1. The molecule has 1 aliphatic rings. The number of carbonyl (C=O) groups excluding carboxylic acids is 1. The van der Waals surface area contributed by atoms with Crippen LogP contribution in [0.5, 0.6) is 0 Å². The van der Waals surface area contributed by atoms with Crippen molar-refractivity contribution in [2.24, 2.45) is 5.92 Å². The van der Waals surface area contributed by atoms with Gasteiger partial charge in [-0.3, -0.25) is 4.79 Å². The highest BCUT2D eigenvalue weighted by Gasteiger charge is 2.27. The van der Waals surface area contributed by atoms with Crippen LogP contribution in [0, 0.1) is 5.92 Å². The molecule has 1 saturated heterocycles. The van der Waals surface area contributed by atoms with E-state index in [-0.39, 0.29) is 17.6 Å². The van der Waals surface area contributed by atoms with Gasteiger partial charge in [0.05, 0.1) is 11.5 Å². The van der Waals surface area contributed by atoms with Crippen LogP contribution in [0.3, 0.4) is 0 Å². The normalized spacial score (nSPS) is 17.3. The molecule has 0 unspecified atom stereocenters. The third-order valence-electron chi connectivity index (χ3n) is 3.33. The molecule has 0 radical (unpaired) electrons. The van der Waals surface area contributed by atoms with Crippen LogP contribution < -0.4 is 5.32 Å². The molecule has 1 aliphatic heterocycles. The lowest BCUT2D eigenvalue weighted by Crippen LogP contribution is -2.49. The van der Waals surface area contributed by atoms with Crippen molar-refractivity contribution in [2.45, 2.75) is 39.2 Å². The number of nitrogens with zero attached hydrogens (tertiary/aromatic N) is 1. The van der Waals surface area contributed by atoms with E-state index in [1.807, 2.05) is 20.8 Å². The van der Waals surface area contributed by atoms with Gasteiger partial charge in [0, 0.05) is 26.2 Å². The largest absolute Gasteiger partial charge is 0.481 e. The summed E-state index contributed by atoms with van der Waals surface area (Å²) in [6, 6.07) is -0.142. The van der Waals surface area contributed by atoms with Gasteiger partial charge in [0.1, 0.15) is 0 Å². The number of carboxylic acid groups (broad SMARTS) is 1. The van der Waals surface area contributed by atoms with Gasteiger partial charge in [-0.05, 0) is 33.6 Å². The zero-order chi connectivity index (χ0) is 14.5. The molecule has 0 atom stereocenters. The van der Waals surface area contributed by atoms with Crippen LogP contribution >= 0.6 is 0 Å². The Labute approximate surface area is 114 Å². The van der Waals surface area contributed by atoms with E-state index in [4.69, 9.17) is 9.84 Å². The standard InChI is InChI=1S/C13H24N2O4/c1-4-19-13(2,3)9-14-12(18)15-7-5-10(6-8-15)11(16)17/h10H,4-9H2,1-3H3,(H,14,18)(H,16,17). The van der Waals surface area contributed by atoms with Crippen LogP contribution in [0.15, 0.2) is 0 Å². The second kappa shape index (κ2) is 6.75. The number of urea groups is 1. The molecule has 0 saturated carbocycles. The van der Waals surface area contributed by atoms with Crippen LogP contribution in [-0.2, 0) is 9.53 Å². The molecular formula is C13H24N2O4. The van der Waals surface area contributed by atoms with Crippen molar-refractivity contribution in [3.63, 3.8) is 0 Å². The molecule has 6 nitrogen and oxygen atoms in total. The van der Waals surface area contributed by atoms with E-state index in [2.05, 4.69) is 5.32 Å². The average Bonchev–Trinajstić information content (AvgIpc) is 2.36. The Morgan fingerprint density at radius 1 is 1.37 bits per heavy atom. The summed E-state index contributed by atoms with van der Waals surface area (Å²) >= 11 is 0. The molecule has 2 amide bonds. The summed E-state index contributed by atoms with van der Waals surface area (Å²) < 4.78 is 5.50. The Morgan fingerprint density at radius 3 is 2.42 bits per heavy atom. The lowest BCUT2D eigenvalue weighted by atomic mass is 9.97. The van der Waals surface area contributed by atoms with E-state index in [9.17, 15) is 9.59 Å². The first-order valence-electron chi connectivity index (χ1n) is 6.75. The number of piperidine rings is 1. The lowest BCUT2D eigenvalue weighted by molar-refractivity contribution is -0.143. The van der Waals surface area contributed by atoms with E-state index in [0.29, 0.717) is 39.1 Å². The highest BCUT2D eigenvalue weighted by atomic mass is 16.5. The third kappa shape index (κ3) is 5.06. The topological polar surface area (TPSA) is 78.9 Å². The molecule has 0 spiro atoms. The van der Waals surface area contributed by atoms with E-state index >= 15 is 0 Å². The molecule has 0 bridgehead atoms. The highest BCUT2D eigenvalue weighted by Crippen LogP contribution is 2.17. The van der Waals surface area contributed by atoms with E-state index < -0.39 is 5.97 Å². The number of carboxylic acids is 1. The minimum atomic E-state index is -0.766. The van der Waals surface area contributed by atoms with Gasteiger partial charge in [0.15, 0.2) is 0 Å². The van der Waals surface area contributed by atoms with Crippen molar-refractivity contribution in [1.29, 1.82) is 0 Å². The number of nitrogens with one attached hydrogen (secondary N) is 1. The minimum Gasteiger partial charge on any atom is -0.481 e. The van der Waals surface area contributed by atoms with Crippen molar-refractivity contribution in [3.8, 4) is 0 Å². The number of aliphatic carboxylic acids is 1. The fraction of sp³-hybridized carbons (Fsp3) is 0.846. The van der Waals surface area contributed by atoms with Gasteiger partial charge in [-0.25, -0.2) is 4.79 Å². The maximum atomic E-state index is 11.9. The summed E-state index contributed by atoms with van der Waals surface area (Å²) in [5, 5.41) is 11.7. The maximum absolute atomic E-state index is 11.9. The Balaban J connectivity index is 2.34. The zero-order valence-corrected chi connectivity index (χ0v) is 11.9. The van der Waals surface area contributed by atoms with Gasteiger partial charge in [0.25, 0.3) is 0 Å². The van der Waals surface area contributed by atoms with E-state index in [1.165, 1.54) is 0 Å². The Kier molecular flexibility index (Phi) is 5.60. The van der Waals surface area contributed by atoms with Crippen molar-refractivity contribution >= 4 is 12.0 Å². The fourth-order valence-corrected chi connectivity index (χ4v) is 2.17. The quantitative estimate of drug-likeness (QED) is 0.791. The van der Waals surface area contributed by atoms with Crippen LogP contribution in [-0.4, -0.2) is 53.8 Å². The van der Waals surface area contributed by atoms with Crippen LogP contribution in [0.4, 0.5) is 4.79 Å². The van der Waals surface area contributed by atoms with Crippen molar-refractivity contribution in [3.05, 3.63) is 0 Å². The Hall–Kier alpha value is -1.30. The van der Waals surface area contributed by atoms with E-state index in [0.717, 1.165) is 0 Å². The second-order valence-electron chi connectivity index (χ2n) is 5.45. The first-order valence-corrected chi connectivity index (χ1v) is 6.75. The first-order chi connectivity index (χ1) is 8.85. The number of hydrogen-bond acceptors (Lipinski definition) is 3.